The van der Waals surface area contributed by atoms with Crippen molar-refractivity contribution in [3.63, 3.8) is 0 Å². The molecule has 1 N–H and O–H groups in total. The molecular formula is C18H19FN2O. The van der Waals surface area contributed by atoms with E-state index in [1.165, 1.54) is 17.7 Å². The van der Waals surface area contributed by atoms with Crippen molar-refractivity contribution in [1.82, 2.24) is 4.90 Å². The fourth-order valence-corrected chi connectivity index (χ4v) is 2.89. The van der Waals surface area contributed by atoms with Crippen molar-refractivity contribution < 1.29 is 9.18 Å². The Bertz CT molecular complexity index is 627. The molecule has 0 aliphatic carbocycles. The number of hydrogen-bond acceptors (Lipinski definition) is 1. The first-order valence-corrected chi connectivity index (χ1v) is 7.59. The quantitative estimate of drug-likeness (QED) is 0.883. The number of carbonyl (C=O) groups excluding carboxylic acids is 1. The molecule has 0 aromatic heterocycles. The number of benzene rings is 2. The molecule has 0 bridgehead atoms. The summed E-state index contributed by atoms with van der Waals surface area (Å²) in [5.41, 5.74) is 1.90. The number of carbonyl (C=O) groups is 1. The zero-order valence-corrected chi connectivity index (χ0v) is 12.3. The highest BCUT2D eigenvalue weighted by Gasteiger charge is 2.24. The molecule has 1 unspecified atom stereocenters. The van der Waals surface area contributed by atoms with Crippen molar-refractivity contribution in [3.8, 4) is 0 Å². The number of urea groups is 1. The van der Waals surface area contributed by atoms with E-state index in [1.54, 1.807) is 12.1 Å². The number of halogens is 1. The molecule has 2 aromatic rings. The zero-order chi connectivity index (χ0) is 15.4. The Hall–Kier alpha value is -2.36. The van der Waals surface area contributed by atoms with Crippen LogP contribution in [0.25, 0.3) is 0 Å². The summed E-state index contributed by atoms with van der Waals surface area (Å²) < 4.78 is 12.9. The summed E-state index contributed by atoms with van der Waals surface area (Å²) in [6.07, 6.45) is 2.10. The van der Waals surface area contributed by atoms with Crippen molar-refractivity contribution >= 4 is 11.7 Å². The molecule has 22 heavy (non-hydrogen) atoms. The Balaban J connectivity index is 1.64. The second-order valence-corrected chi connectivity index (χ2v) is 5.63. The summed E-state index contributed by atoms with van der Waals surface area (Å²) in [5, 5.41) is 2.83. The molecule has 1 saturated heterocycles. The van der Waals surface area contributed by atoms with Gasteiger partial charge in [0.1, 0.15) is 5.82 Å². The SMILES string of the molecule is O=C(Nc1ccc(F)cc1)N1CCCC(c2ccccc2)C1. The first kappa shape index (κ1) is 14.6. The second-order valence-electron chi connectivity index (χ2n) is 5.63. The topological polar surface area (TPSA) is 32.3 Å². The van der Waals surface area contributed by atoms with Gasteiger partial charge in [0.2, 0.25) is 0 Å². The van der Waals surface area contributed by atoms with Crippen LogP contribution in [0.4, 0.5) is 14.9 Å². The molecule has 114 valence electrons. The molecule has 0 radical (unpaired) electrons. The highest BCUT2D eigenvalue weighted by Crippen LogP contribution is 2.27. The molecule has 3 nitrogen and oxygen atoms in total. The second kappa shape index (κ2) is 6.60. The van der Waals surface area contributed by atoms with Crippen molar-refractivity contribution in [1.29, 1.82) is 0 Å². The molecule has 1 aliphatic heterocycles. The highest BCUT2D eigenvalue weighted by atomic mass is 19.1. The van der Waals surface area contributed by atoms with E-state index in [-0.39, 0.29) is 11.8 Å². The number of amides is 2. The van der Waals surface area contributed by atoms with Gasteiger partial charge in [0.15, 0.2) is 0 Å². The van der Waals surface area contributed by atoms with E-state index in [4.69, 9.17) is 0 Å². The average Bonchev–Trinajstić information content (AvgIpc) is 2.58. The van der Waals surface area contributed by atoms with Gasteiger partial charge in [-0.25, -0.2) is 9.18 Å². The van der Waals surface area contributed by atoms with Gasteiger partial charge in [0, 0.05) is 24.7 Å². The first-order valence-electron chi connectivity index (χ1n) is 7.59. The van der Waals surface area contributed by atoms with Crippen molar-refractivity contribution in [3.05, 3.63) is 66.0 Å². The molecule has 1 aliphatic rings. The third kappa shape index (κ3) is 3.45. The number of nitrogens with one attached hydrogen (secondary N) is 1. The molecule has 3 rings (SSSR count). The lowest BCUT2D eigenvalue weighted by molar-refractivity contribution is 0.193. The van der Waals surface area contributed by atoms with Gasteiger partial charge in [-0.3, -0.25) is 0 Å². The lowest BCUT2D eigenvalue weighted by Gasteiger charge is -2.33. The fourth-order valence-electron chi connectivity index (χ4n) is 2.89. The van der Waals surface area contributed by atoms with E-state index in [1.807, 2.05) is 23.1 Å². The molecule has 4 heteroatoms. The van der Waals surface area contributed by atoms with Crippen LogP contribution in [-0.4, -0.2) is 24.0 Å². The number of hydrogen-bond donors (Lipinski definition) is 1. The van der Waals surface area contributed by atoms with Gasteiger partial charge in [-0.1, -0.05) is 30.3 Å². The van der Waals surface area contributed by atoms with Crippen LogP contribution in [0.5, 0.6) is 0 Å². The van der Waals surface area contributed by atoms with Gasteiger partial charge in [-0.05, 0) is 42.7 Å². The Morgan fingerprint density at radius 3 is 2.55 bits per heavy atom. The van der Waals surface area contributed by atoms with E-state index in [0.29, 0.717) is 11.6 Å². The molecule has 2 aromatic carbocycles. The van der Waals surface area contributed by atoms with Gasteiger partial charge in [-0.2, -0.15) is 0 Å². The molecule has 0 saturated carbocycles. The van der Waals surface area contributed by atoms with E-state index in [9.17, 15) is 9.18 Å². The van der Waals surface area contributed by atoms with E-state index < -0.39 is 0 Å². The van der Waals surface area contributed by atoms with Gasteiger partial charge < -0.3 is 10.2 Å². The van der Waals surface area contributed by atoms with Crippen molar-refractivity contribution in [2.45, 2.75) is 18.8 Å². The van der Waals surface area contributed by atoms with E-state index in [0.717, 1.165) is 25.9 Å². The van der Waals surface area contributed by atoms with Crippen molar-refractivity contribution in [2.75, 3.05) is 18.4 Å². The van der Waals surface area contributed by atoms with Crippen LogP contribution < -0.4 is 5.32 Å². The fraction of sp³-hybridized carbons (Fsp3) is 0.278. The number of piperidine rings is 1. The zero-order valence-electron chi connectivity index (χ0n) is 12.3. The maximum Gasteiger partial charge on any atom is 0.321 e. The molecule has 0 spiro atoms. The number of nitrogens with zero attached hydrogens (tertiary/aromatic N) is 1. The van der Waals surface area contributed by atoms with Crippen LogP contribution in [0, 0.1) is 5.82 Å². The van der Waals surface area contributed by atoms with Crippen molar-refractivity contribution in [2.24, 2.45) is 0 Å². The highest BCUT2D eigenvalue weighted by molar-refractivity contribution is 5.89. The third-order valence-electron chi connectivity index (χ3n) is 4.08. The predicted molar refractivity (Wildman–Crippen MR) is 85.4 cm³/mol. The minimum Gasteiger partial charge on any atom is -0.324 e. The minimum absolute atomic E-state index is 0.118. The average molecular weight is 298 g/mol. The summed E-state index contributed by atoms with van der Waals surface area (Å²) in [7, 11) is 0. The summed E-state index contributed by atoms with van der Waals surface area (Å²) >= 11 is 0. The first-order chi connectivity index (χ1) is 10.7. The van der Waals surface area contributed by atoms with Crippen LogP contribution in [0.15, 0.2) is 54.6 Å². The minimum atomic E-state index is -0.305. The predicted octanol–water partition coefficient (Wildman–Crippen LogP) is 4.24. The number of likely N-dealkylation sites (tertiary alicyclic amines) is 1. The maximum atomic E-state index is 12.9. The van der Waals surface area contributed by atoms with E-state index >= 15 is 0 Å². The summed E-state index contributed by atoms with van der Waals surface area (Å²) in [5.74, 6) is 0.0778. The molecular weight excluding hydrogens is 279 g/mol. The van der Waals surface area contributed by atoms with Crippen LogP contribution in [0.2, 0.25) is 0 Å². The lowest BCUT2D eigenvalue weighted by Crippen LogP contribution is -2.41. The Morgan fingerprint density at radius 2 is 1.82 bits per heavy atom. The van der Waals surface area contributed by atoms with Crippen LogP contribution in [-0.2, 0) is 0 Å². The maximum absolute atomic E-state index is 12.9. The van der Waals surface area contributed by atoms with E-state index in [2.05, 4.69) is 17.4 Å². The Labute approximate surface area is 129 Å². The summed E-state index contributed by atoms with van der Waals surface area (Å²) in [6.45, 7) is 1.48. The van der Waals surface area contributed by atoms with Gasteiger partial charge in [0.25, 0.3) is 0 Å². The summed E-state index contributed by atoms with van der Waals surface area (Å²) in [4.78, 5) is 14.2. The van der Waals surface area contributed by atoms with Crippen LogP contribution in [0.1, 0.15) is 24.3 Å². The van der Waals surface area contributed by atoms with Gasteiger partial charge in [0.05, 0.1) is 0 Å². The Morgan fingerprint density at radius 1 is 1.09 bits per heavy atom. The standard InChI is InChI=1S/C18H19FN2O/c19-16-8-10-17(11-9-16)20-18(22)21-12-4-7-15(13-21)14-5-2-1-3-6-14/h1-3,5-6,8-11,15H,4,7,12-13H2,(H,20,22). The van der Waals surface area contributed by atoms with Gasteiger partial charge >= 0.3 is 6.03 Å². The lowest BCUT2D eigenvalue weighted by atomic mass is 9.91. The monoisotopic (exact) mass is 298 g/mol. The third-order valence-corrected chi connectivity index (χ3v) is 4.08. The molecule has 1 fully saturated rings. The normalized spacial score (nSPS) is 18.0. The van der Waals surface area contributed by atoms with Crippen LogP contribution in [0.3, 0.4) is 0 Å². The number of anilines is 1. The smallest absolute Gasteiger partial charge is 0.321 e. The molecule has 1 atom stereocenters. The number of rotatable bonds is 2. The Kier molecular flexibility index (Phi) is 4.37. The molecule has 2 amide bonds. The largest absolute Gasteiger partial charge is 0.324 e. The summed E-state index contributed by atoms with van der Waals surface area (Å²) in [6, 6.07) is 16.0. The van der Waals surface area contributed by atoms with Gasteiger partial charge in [-0.15, -0.1) is 0 Å². The molecule has 1 heterocycles. The van der Waals surface area contributed by atoms with Crippen LogP contribution >= 0.6 is 0 Å².